The van der Waals surface area contributed by atoms with Crippen molar-refractivity contribution in [2.45, 2.75) is 116 Å². The number of methoxy groups -OCH3 is 1. The second-order valence-electron chi connectivity index (χ2n) is 23.4. The van der Waals surface area contributed by atoms with E-state index < -0.39 is 75.3 Å². The van der Waals surface area contributed by atoms with E-state index in [1.165, 1.54) is 10.0 Å². The first-order valence-electron chi connectivity index (χ1n) is 28.2. The van der Waals surface area contributed by atoms with E-state index in [-0.39, 0.29) is 42.7 Å². The molecule has 0 radical (unpaired) electrons. The van der Waals surface area contributed by atoms with Crippen molar-refractivity contribution in [2.75, 3.05) is 64.2 Å². The number of nitrogen functional groups attached to an aromatic ring is 1. The zero-order valence-electron chi connectivity index (χ0n) is 47.3. The zero-order valence-corrected chi connectivity index (χ0v) is 48.1. The number of hydrazine groups is 2. The highest BCUT2D eigenvalue weighted by atomic mass is 32.2. The molecule has 7 atom stereocenters. The smallest absolute Gasteiger partial charge is 0.344 e. The molecule has 434 valence electrons. The van der Waals surface area contributed by atoms with Crippen molar-refractivity contribution in [1.29, 1.82) is 0 Å². The van der Waals surface area contributed by atoms with Gasteiger partial charge in [-0.1, -0.05) is 57.1 Å². The molecule has 0 saturated carbocycles. The SMILES string of the molecule is CCn1c2c3c4cc(ccc41)-c1cc(O)cc(c1)CC(NC(=O)[C@H](C(C)C)N(C)[N+](=O)[C@@H]1OCC[C@@H]1c1ccc(N)cc1)C(=O)N1CCC[C@H](N1)C(=O)OCC(C)(C)C3[C@H](OC)c1ncc(-c3noc(CN4CCS(=O)(=O)CC4)n3)cc1-2. The summed E-state index contributed by atoms with van der Waals surface area (Å²) in [6.45, 7) is 12.0. The molecule has 2 amide bonds. The fourth-order valence-corrected chi connectivity index (χ4v) is 14.2. The maximum atomic E-state index is 15.0. The van der Waals surface area contributed by atoms with E-state index in [2.05, 4.69) is 39.5 Å². The Morgan fingerprint density at radius 2 is 1.79 bits per heavy atom. The van der Waals surface area contributed by atoms with Gasteiger partial charge in [-0.05, 0) is 102 Å². The number of aryl methyl sites for hydroxylation is 1. The molecule has 6 bridgehead atoms. The lowest BCUT2D eigenvalue weighted by Crippen LogP contribution is -2.62. The van der Waals surface area contributed by atoms with E-state index in [4.69, 9.17) is 34.4 Å². The highest BCUT2D eigenvalue weighted by Crippen LogP contribution is 2.57. The number of esters is 1. The van der Waals surface area contributed by atoms with Crippen molar-refractivity contribution >= 4 is 44.2 Å². The number of benzene rings is 3. The number of phenols is 1. The summed E-state index contributed by atoms with van der Waals surface area (Å²) >= 11 is 0. The van der Waals surface area contributed by atoms with E-state index in [1.807, 2.05) is 62.9 Å². The molecular formula is C59H72N11O11S+. The lowest BCUT2D eigenvalue weighted by Gasteiger charge is -2.42. The zero-order chi connectivity index (χ0) is 57.9. The molecule has 3 fully saturated rings. The molecular weight excluding hydrogens is 1070 g/mol. The first kappa shape index (κ1) is 56.5. The Bertz CT molecular complexity index is 3550. The van der Waals surface area contributed by atoms with Gasteiger partial charge in [0.05, 0.1) is 60.5 Å². The molecule has 5 N–H and O–H groups in total. The molecule has 2 unspecified atom stereocenters. The van der Waals surface area contributed by atoms with Crippen LogP contribution in [0.2, 0.25) is 0 Å². The maximum absolute atomic E-state index is 15.0. The monoisotopic (exact) mass is 1140 g/mol. The number of ether oxygens (including phenoxy) is 3. The highest BCUT2D eigenvalue weighted by Gasteiger charge is 2.50. The van der Waals surface area contributed by atoms with E-state index in [0.717, 1.165) is 38.9 Å². The molecule has 22 nitrogen and oxygen atoms in total. The number of fused-ring (bicyclic) bond motifs is 8. The third kappa shape index (κ3) is 10.8. The second kappa shape index (κ2) is 22.5. The summed E-state index contributed by atoms with van der Waals surface area (Å²) in [6.07, 6.45) is 1.49. The molecule has 3 aromatic heterocycles. The van der Waals surface area contributed by atoms with Crippen LogP contribution in [0.5, 0.6) is 5.75 Å². The average Bonchev–Trinajstić information content (AvgIpc) is 3.21. The molecule has 5 aliphatic rings. The van der Waals surface area contributed by atoms with Crippen molar-refractivity contribution in [1.82, 2.24) is 45.4 Å². The Morgan fingerprint density at radius 3 is 2.52 bits per heavy atom. The molecule has 4 aliphatic heterocycles. The number of amides is 2. The Morgan fingerprint density at radius 1 is 1.02 bits per heavy atom. The molecule has 3 saturated heterocycles. The van der Waals surface area contributed by atoms with Gasteiger partial charge in [0.1, 0.15) is 23.9 Å². The van der Waals surface area contributed by atoms with Gasteiger partial charge in [-0.25, -0.2) is 13.8 Å². The van der Waals surface area contributed by atoms with E-state index >= 15 is 4.79 Å². The first-order chi connectivity index (χ1) is 39.2. The van der Waals surface area contributed by atoms with Crippen LogP contribution in [0.3, 0.4) is 0 Å². The number of sulfone groups is 1. The topological polar surface area (TPSA) is 270 Å². The van der Waals surface area contributed by atoms with Crippen molar-refractivity contribution in [3.8, 4) is 39.5 Å². The number of rotatable bonds is 12. The van der Waals surface area contributed by atoms with Crippen LogP contribution in [0.15, 0.2) is 77.4 Å². The molecule has 0 spiro atoms. The third-order valence-corrected chi connectivity index (χ3v) is 18.6. The molecule has 82 heavy (non-hydrogen) atoms. The number of nitrogens with two attached hydrogens (primary N) is 1. The number of nitroso groups, excluding NO2 is 1. The fraction of sp³-hybridized carbons (Fsp3) is 0.492. The number of nitrogens with one attached hydrogen (secondary N) is 2. The number of carbonyl (C=O) groups is 3. The van der Waals surface area contributed by atoms with Crippen molar-refractivity contribution in [3.05, 3.63) is 106 Å². The lowest BCUT2D eigenvalue weighted by molar-refractivity contribution is -0.763. The number of nitrogens with zero attached hydrogens (tertiary/aromatic N) is 8. The quantitative estimate of drug-likeness (QED) is 0.0471. The van der Waals surface area contributed by atoms with Gasteiger partial charge < -0.3 is 39.5 Å². The van der Waals surface area contributed by atoms with Crippen LogP contribution in [0.4, 0.5) is 5.69 Å². The minimum atomic E-state index is -3.07. The van der Waals surface area contributed by atoms with Crippen molar-refractivity contribution in [3.63, 3.8) is 0 Å². The highest BCUT2D eigenvalue weighted by molar-refractivity contribution is 7.91. The molecule has 7 heterocycles. The number of hydrogen-bond acceptors (Lipinski definition) is 17. The molecule has 23 heteroatoms. The number of anilines is 1. The second-order valence-corrected chi connectivity index (χ2v) is 25.7. The van der Waals surface area contributed by atoms with Crippen LogP contribution < -0.4 is 16.5 Å². The Hall–Kier alpha value is -7.31. The number of carbonyl (C=O) groups excluding carboxylic acids is 3. The Labute approximate surface area is 476 Å². The predicted molar refractivity (Wildman–Crippen MR) is 304 cm³/mol. The Kier molecular flexibility index (Phi) is 15.5. The summed E-state index contributed by atoms with van der Waals surface area (Å²) in [5.41, 5.74) is 16.6. The molecule has 3 aromatic carbocycles. The largest absolute Gasteiger partial charge is 0.508 e. The van der Waals surface area contributed by atoms with Crippen LogP contribution >= 0.6 is 0 Å². The van der Waals surface area contributed by atoms with Gasteiger partial charge >= 0.3 is 12.2 Å². The summed E-state index contributed by atoms with van der Waals surface area (Å²) < 4.78 is 51.1. The van der Waals surface area contributed by atoms with Gasteiger partial charge in [0.2, 0.25) is 17.6 Å². The van der Waals surface area contributed by atoms with Gasteiger partial charge in [-0.3, -0.25) is 29.3 Å². The standard InChI is InChI=1S/C59H71N11O11S/c1-8-68-46-16-13-36-28-42(46)48-49(53(78-7)50-43(52(48)68)29-38(30-61-50)54-63-47(81-65-54)31-67-19-22-82(76,77)23-20-67)59(4,5)32-80-58(74)44-10-9-18-69(64-44)56(73)45(26-34-24-37(36)27-40(71)25-34)62-55(72)51(33(2)3)66(6)70(75)57-41(17-21-79-57)35-11-14-39(60)15-12-35/h11-16,24-25,27-30,33,41,44-45,49,51,53,57,64H,8-10,17-23,26,31-32,60H2,1-7H3,(H-,62,71,72)/p+1/t41-,44+,45?,49?,51+,53+,57-/m1/s1. The number of pyridine rings is 1. The summed E-state index contributed by atoms with van der Waals surface area (Å²) in [6, 6.07) is 17.4. The number of aromatic nitrogens is 4. The number of phenolic OH excluding ortho intramolecular Hbond substituents is 1. The Balaban J connectivity index is 0.970. The van der Waals surface area contributed by atoms with E-state index in [9.17, 15) is 28.0 Å². The van der Waals surface area contributed by atoms with Gasteiger partial charge in [-0.2, -0.15) is 4.98 Å². The summed E-state index contributed by atoms with van der Waals surface area (Å²) in [5.74, 6) is -2.01. The number of aromatic hydroxyl groups is 1. The first-order valence-corrected chi connectivity index (χ1v) is 30.0. The minimum absolute atomic E-state index is 0.0372. The predicted octanol–water partition coefficient (Wildman–Crippen LogP) is 6.03. The maximum Gasteiger partial charge on any atom is 0.344 e. The van der Waals surface area contributed by atoms with Crippen molar-refractivity contribution in [2.24, 2.45) is 11.3 Å². The summed E-state index contributed by atoms with van der Waals surface area (Å²) in [7, 11) is 0.124. The lowest BCUT2D eigenvalue weighted by atomic mass is 9.67. The van der Waals surface area contributed by atoms with Gasteiger partial charge in [0, 0.05) is 85.0 Å². The van der Waals surface area contributed by atoms with Crippen LogP contribution in [0.25, 0.3) is 44.7 Å². The van der Waals surface area contributed by atoms with E-state index in [1.54, 1.807) is 44.6 Å². The van der Waals surface area contributed by atoms with Gasteiger partial charge in [-0.15, -0.1) is 5.01 Å². The fourth-order valence-electron chi connectivity index (χ4n) is 12.9. The van der Waals surface area contributed by atoms with Gasteiger partial charge in [0.15, 0.2) is 20.7 Å². The van der Waals surface area contributed by atoms with Gasteiger partial charge in [0.25, 0.3) is 5.91 Å². The molecule has 6 aromatic rings. The molecule has 1 aliphatic carbocycles. The number of likely N-dealkylation sites (N-methyl/N-ethyl adjacent to an activating group) is 1. The minimum Gasteiger partial charge on any atom is -0.508 e. The van der Waals surface area contributed by atoms with Crippen molar-refractivity contribution < 1.29 is 51.5 Å². The number of hydrogen-bond donors (Lipinski definition) is 4. The van der Waals surface area contributed by atoms with Crippen LogP contribution in [-0.2, 0) is 57.9 Å². The summed E-state index contributed by atoms with van der Waals surface area (Å²) in [5, 5.41) is 22.5. The van der Waals surface area contributed by atoms with E-state index in [0.29, 0.717) is 96.7 Å². The number of cyclic esters (lactones) is 1. The van der Waals surface area contributed by atoms with Crippen LogP contribution in [-0.4, -0.2) is 154 Å². The molecule has 11 rings (SSSR count). The average molecular weight is 1140 g/mol. The van der Waals surface area contributed by atoms with Crippen LogP contribution in [0.1, 0.15) is 100 Å². The third-order valence-electron chi connectivity index (χ3n) is 17.0. The normalized spacial score (nSPS) is 23.9. The van der Waals surface area contributed by atoms with Crippen LogP contribution in [0, 0.1) is 16.2 Å². The summed E-state index contributed by atoms with van der Waals surface area (Å²) in [4.78, 5) is 71.2.